The van der Waals surface area contributed by atoms with Gasteiger partial charge in [-0.15, -0.1) is 0 Å². The van der Waals surface area contributed by atoms with E-state index in [2.05, 4.69) is 29.6 Å². The second-order valence-corrected chi connectivity index (χ2v) is 30.5. The van der Waals surface area contributed by atoms with Crippen LogP contribution in [0, 0.1) is 11.3 Å². The van der Waals surface area contributed by atoms with E-state index in [1.807, 2.05) is 146 Å². The van der Waals surface area contributed by atoms with E-state index in [0.29, 0.717) is 61.9 Å². The largest absolute Gasteiger partial charge is 0.508 e. The molecule has 3 saturated heterocycles. The van der Waals surface area contributed by atoms with Crippen molar-refractivity contribution in [3.8, 4) is 11.8 Å². The molecule has 1 aliphatic carbocycles. The number of Topliss-reactive ketones (excluding diaryl/α,β-unsaturated/α-hetero) is 1. The van der Waals surface area contributed by atoms with E-state index in [9.17, 15) is 18.3 Å². The number of aromatic nitrogens is 5. The molecule has 9 aromatic rings. The summed E-state index contributed by atoms with van der Waals surface area (Å²) in [7, 11) is -6.81. The molecule has 546 valence electrons. The summed E-state index contributed by atoms with van der Waals surface area (Å²) in [5, 5.41) is 90.4. The van der Waals surface area contributed by atoms with E-state index in [1.54, 1.807) is 65.8 Å². The number of sulfonamides is 1. The van der Waals surface area contributed by atoms with Crippen molar-refractivity contribution in [3.05, 3.63) is 173 Å². The minimum atomic E-state index is -3.29. The molecule has 0 amide bonds. The van der Waals surface area contributed by atoms with E-state index in [0.717, 1.165) is 55.7 Å². The Labute approximate surface area is 618 Å². The van der Waals surface area contributed by atoms with Gasteiger partial charge in [0.15, 0.2) is 0 Å². The lowest BCUT2D eigenvalue weighted by atomic mass is 9.75. The molecule has 0 radical (unpaired) electrons. The summed E-state index contributed by atoms with van der Waals surface area (Å²) < 4.78 is 59.6. The Morgan fingerprint density at radius 3 is 1.57 bits per heavy atom. The molecule has 6 aromatic carbocycles. The molecule has 12 N–H and O–H groups in total. The third-order valence-electron chi connectivity index (χ3n) is 18.2. The van der Waals surface area contributed by atoms with Crippen LogP contribution in [0.1, 0.15) is 99.8 Å². The van der Waals surface area contributed by atoms with Gasteiger partial charge in [-0.3, -0.25) is 9.52 Å². The van der Waals surface area contributed by atoms with Crippen LogP contribution in [0.2, 0.25) is 10.0 Å². The number of nitrogens with zero attached hydrogens (tertiary/aromatic N) is 5. The van der Waals surface area contributed by atoms with Crippen LogP contribution in [0.4, 0.5) is 11.6 Å². The van der Waals surface area contributed by atoms with Gasteiger partial charge in [-0.05, 0) is 188 Å². The molecule has 0 bridgehead atoms. The zero-order valence-electron chi connectivity index (χ0n) is 60.4. The van der Waals surface area contributed by atoms with E-state index in [4.69, 9.17) is 96.6 Å². The normalized spacial score (nSPS) is 16.5. The molecule has 0 atom stereocenters. The predicted molar refractivity (Wildman–Crippen MR) is 410 cm³/mol. The van der Waals surface area contributed by atoms with Crippen molar-refractivity contribution in [2.75, 3.05) is 30.0 Å². The first kappa shape index (κ1) is 83.7. The highest BCUT2D eigenvalue weighted by Crippen LogP contribution is 2.39. The fourth-order valence-electron chi connectivity index (χ4n) is 10.1. The molecular formula is C68H85B7Cl2N8O18S. The fourth-order valence-corrected chi connectivity index (χ4v) is 11.2. The molecule has 0 unspecified atom stereocenters. The van der Waals surface area contributed by atoms with Gasteiger partial charge >= 0.3 is 49.8 Å². The first-order valence-corrected chi connectivity index (χ1v) is 35.4. The third kappa shape index (κ3) is 21.8. The Balaban J connectivity index is 0.000000171. The molecule has 4 aliphatic rings. The molecule has 3 fully saturated rings. The Morgan fingerprint density at radius 2 is 1.07 bits per heavy atom. The number of rotatable bonds is 10. The number of phenols is 1. The molecule has 0 saturated carbocycles. The van der Waals surface area contributed by atoms with Crippen molar-refractivity contribution in [2.45, 2.75) is 130 Å². The summed E-state index contributed by atoms with van der Waals surface area (Å²) in [5.74, 6) is 0.952. The number of carbonyl (C=O) groups is 1. The van der Waals surface area contributed by atoms with Crippen molar-refractivity contribution < 1.29 is 86.4 Å². The fraction of sp³-hybridized carbons (Fsp3) is 0.338. The number of fused-ring (bicyclic) bond motifs is 3. The molecule has 104 heavy (non-hydrogen) atoms. The average molecular weight is 1480 g/mol. The number of aromatic hydroxyl groups is 1. The number of carbonyl (C=O) groups excluding carboxylic acids is 1. The maximum Gasteiger partial charge on any atom is 0.496 e. The van der Waals surface area contributed by atoms with Crippen LogP contribution in [0.25, 0.3) is 21.9 Å². The number of aromatic amines is 2. The van der Waals surface area contributed by atoms with Crippen LogP contribution < -0.4 is 47.9 Å². The van der Waals surface area contributed by atoms with Gasteiger partial charge in [-0.2, -0.15) is 5.26 Å². The molecule has 3 aliphatic heterocycles. The molecule has 13 rings (SSSR count). The van der Waals surface area contributed by atoms with E-state index in [1.165, 1.54) is 42.7 Å². The van der Waals surface area contributed by atoms with Gasteiger partial charge in [-0.1, -0.05) is 83.9 Å². The lowest BCUT2D eigenvalue weighted by molar-refractivity contribution is -0.117. The van der Waals surface area contributed by atoms with Gasteiger partial charge < -0.3 is 88.1 Å². The summed E-state index contributed by atoms with van der Waals surface area (Å²) in [6.45, 7) is 24.1. The highest BCUT2D eigenvalue weighted by atomic mass is 35.5. The van der Waals surface area contributed by atoms with E-state index in [-0.39, 0.29) is 52.3 Å². The third-order valence-corrected chi connectivity index (χ3v) is 19.4. The molecule has 0 spiro atoms. The number of nitriles is 1. The van der Waals surface area contributed by atoms with Crippen molar-refractivity contribution >= 4 is 161 Å². The lowest BCUT2D eigenvalue weighted by Crippen LogP contribution is -2.41. The second-order valence-electron chi connectivity index (χ2n) is 27.9. The number of ketones is 1. The summed E-state index contributed by atoms with van der Waals surface area (Å²) in [4.78, 5) is 31.1. The van der Waals surface area contributed by atoms with Gasteiger partial charge in [-0.25, -0.2) is 23.4 Å². The standard InChI is InChI=1S/C15H19BO3.C13H15BClNO2.C12H16BClO3.C8H8BNO2.C7H7BN2O2.C7H10BNO4S.C6H10BN3O2/c1-14(2)15(3,4)19-16(18-14)13-7-5-6-10-8-11(17)9-12(10)13;1-12(2)13(3,4)18-14(17-12)10-6-5-9(8-16)11(15)7-10;1-11(2)12(3,4)17-13(16-11)9-6-5-8(15)7-10(9)14;11-9(12)7-1-2-8-6(5-7)3-4-10-8;11-8(12)5-1-2-6-7(3-5)10-4-9-6;1-14(12,13)9-7-4-2-6(3-5-7)8(10)11;1-10(2)6-8-3-5(4-9-6)7(11)12/h5-7H,8-9H2,1-4H3;5-7H,1-4H3;5-7,15H,1-4H3;1-5,10-12H;1-4,11-12H,(H,9,10);2-5,9-11H,1H3;3-4,11-12H,1-2H3. The smallest absolute Gasteiger partial charge is 0.496 e. The lowest BCUT2D eigenvalue weighted by Gasteiger charge is -2.32. The van der Waals surface area contributed by atoms with Crippen molar-refractivity contribution in [1.29, 1.82) is 5.26 Å². The highest BCUT2D eigenvalue weighted by molar-refractivity contribution is 7.92. The maximum atomic E-state index is 11.6. The van der Waals surface area contributed by atoms with E-state index >= 15 is 0 Å². The SMILES string of the molecule is CC1(C)OB(c2ccc(C#N)c(Cl)c2)OC1(C)C.CC1(C)OB(c2ccc(O)cc2Cl)OC1(C)C.CC1(C)OB(c2cccc3c2CC(=O)C3)OC1(C)C.CN(C)c1ncc(B(O)O)cn1.CS(=O)(=O)Nc1ccc(B(O)O)cc1.OB(O)c1ccc2[nH]ccc2c1.OB(O)c1ccc2nc[nH]c2c1. The number of halogens is 2. The zero-order chi connectivity index (χ0) is 77.2. The molecule has 3 aromatic heterocycles. The predicted octanol–water partition coefficient (Wildman–Crippen LogP) is 2.56. The number of phenolic OH excluding ortho intramolecular Hbond substituents is 1. The quantitative estimate of drug-likeness (QED) is 0.0875. The molecule has 26 nitrogen and oxygen atoms in total. The van der Waals surface area contributed by atoms with Gasteiger partial charge in [0.1, 0.15) is 17.6 Å². The number of benzene rings is 6. The average Bonchev–Trinajstić information content (AvgIpc) is 1.60. The Morgan fingerprint density at radius 1 is 0.558 bits per heavy atom. The summed E-state index contributed by atoms with van der Waals surface area (Å²) in [6, 6.07) is 36.0. The number of nitrogens with one attached hydrogen (secondary N) is 3. The summed E-state index contributed by atoms with van der Waals surface area (Å²) >= 11 is 12.1. The van der Waals surface area contributed by atoms with E-state index < -0.39 is 52.7 Å². The van der Waals surface area contributed by atoms with Crippen LogP contribution in [0.3, 0.4) is 0 Å². The zero-order valence-corrected chi connectivity index (χ0v) is 62.7. The highest BCUT2D eigenvalue weighted by Gasteiger charge is 2.54. The monoisotopic (exact) mass is 1480 g/mol. The molecule has 6 heterocycles. The van der Waals surface area contributed by atoms with Crippen molar-refractivity contribution in [1.82, 2.24) is 24.9 Å². The van der Waals surface area contributed by atoms with Gasteiger partial charge in [0.2, 0.25) is 16.0 Å². The minimum Gasteiger partial charge on any atom is -0.508 e. The Kier molecular flexibility index (Phi) is 27.6. The van der Waals surface area contributed by atoms with Crippen LogP contribution >= 0.6 is 23.2 Å². The van der Waals surface area contributed by atoms with Crippen LogP contribution in [-0.4, -0.2) is 188 Å². The Bertz CT molecular complexity index is 4420. The van der Waals surface area contributed by atoms with Gasteiger partial charge in [0, 0.05) is 72.7 Å². The van der Waals surface area contributed by atoms with Crippen LogP contribution in [0.5, 0.6) is 5.75 Å². The number of hydrogen-bond donors (Lipinski definition) is 12. The van der Waals surface area contributed by atoms with Crippen molar-refractivity contribution in [2.24, 2.45) is 0 Å². The van der Waals surface area contributed by atoms with Gasteiger partial charge in [0.05, 0.1) is 67.8 Å². The van der Waals surface area contributed by atoms with Crippen LogP contribution in [-0.2, 0) is 55.6 Å². The minimum absolute atomic E-state index is 0.135. The number of hydrogen-bond acceptors (Lipinski definition) is 23. The Hall–Kier alpha value is -7.61. The van der Waals surface area contributed by atoms with Crippen LogP contribution in [0.15, 0.2) is 146 Å². The second kappa shape index (κ2) is 34.3. The maximum absolute atomic E-state index is 11.6. The molecular weight excluding hydrogens is 1400 g/mol. The number of H-pyrrole nitrogens is 2. The molecule has 36 heteroatoms. The summed E-state index contributed by atoms with van der Waals surface area (Å²) in [6.07, 6.45) is 8.25. The first-order valence-electron chi connectivity index (χ1n) is 32.7. The van der Waals surface area contributed by atoms with Gasteiger partial charge in [0.25, 0.3) is 0 Å². The summed E-state index contributed by atoms with van der Waals surface area (Å²) in [5.41, 5.74) is 7.64. The first-order chi connectivity index (χ1) is 48.3. The number of anilines is 2. The number of imidazole rings is 1. The van der Waals surface area contributed by atoms with Crippen molar-refractivity contribution in [3.63, 3.8) is 0 Å². The topological polar surface area (TPSA) is 398 Å².